The summed E-state index contributed by atoms with van der Waals surface area (Å²) < 4.78 is 12.4. The topological polar surface area (TPSA) is 76.7 Å². The Hall–Kier alpha value is -0.950. The number of rotatable bonds is 1. The van der Waals surface area contributed by atoms with Gasteiger partial charge in [0.05, 0.1) is 19.0 Å². The molecule has 0 spiro atoms. The molecule has 1 unspecified atom stereocenters. The molecule has 2 aliphatic heterocycles. The zero-order valence-corrected chi connectivity index (χ0v) is 7.98. The first-order valence-electron chi connectivity index (χ1n) is 4.86. The van der Waals surface area contributed by atoms with E-state index in [1.54, 1.807) is 18.7 Å². The zero-order chi connectivity index (χ0) is 10.5. The summed E-state index contributed by atoms with van der Waals surface area (Å²) in [7, 11) is 0. The van der Waals surface area contributed by atoms with Crippen molar-refractivity contribution in [2.75, 3.05) is 6.61 Å². The van der Waals surface area contributed by atoms with Crippen molar-refractivity contribution in [2.45, 2.75) is 30.6 Å². The number of nitrogens with zero attached hydrogens (tertiary/aromatic N) is 2. The molecule has 2 fully saturated rings. The van der Waals surface area contributed by atoms with Gasteiger partial charge in [0, 0.05) is 18.8 Å². The molecule has 1 aromatic rings. The molecule has 3 atom stereocenters. The van der Waals surface area contributed by atoms with Gasteiger partial charge in [-0.25, -0.2) is 4.98 Å². The number of imidazole rings is 1. The van der Waals surface area contributed by atoms with E-state index < -0.39 is 12.1 Å². The Bertz CT molecular complexity index is 351. The largest absolute Gasteiger partial charge is 0.362 e. The van der Waals surface area contributed by atoms with Gasteiger partial charge in [0.25, 0.3) is 0 Å². The molecule has 0 aliphatic carbocycles. The van der Waals surface area contributed by atoms with Gasteiger partial charge in [0.15, 0.2) is 0 Å². The lowest BCUT2D eigenvalue weighted by molar-refractivity contribution is -0.315. The van der Waals surface area contributed by atoms with Crippen LogP contribution < -0.4 is 0 Å². The van der Waals surface area contributed by atoms with Crippen molar-refractivity contribution < 1.29 is 19.7 Å². The van der Waals surface area contributed by atoms with Crippen molar-refractivity contribution in [3.05, 3.63) is 18.7 Å². The van der Waals surface area contributed by atoms with Gasteiger partial charge in [0.2, 0.25) is 12.1 Å². The summed E-state index contributed by atoms with van der Waals surface area (Å²) in [5, 5.41) is 19.4. The molecule has 3 heterocycles. The summed E-state index contributed by atoms with van der Waals surface area (Å²) >= 11 is 0. The fraction of sp³-hybridized carbons (Fsp3) is 0.667. The molecule has 2 bridgehead atoms. The maximum atomic E-state index is 9.70. The van der Waals surface area contributed by atoms with Crippen molar-refractivity contribution in [1.29, 1.82) is 0 Å². The molecule has 15 heavy (non-hydrogen) atoms. The average molecular weight is 212 g/mol. The van der Waals surface area contributed by atoms with Crippen LogP contribution in [0.15, 0.2) is 18.7 Å². The monoisotopic (exact) mass is 212 g/mol. The summed E-state index contributed by atoms with van der Waals surface area (Å²) in [5.74, 6) is -1.91. The summed E-state index contributed by atoms with van der Waals surface area (Å²) in [5.41, 5.74) is 0. The Balaban J connectivity index is 1.91. The highest BCUT2D eigenvalue weighted by atomic mass is 16.8. The van der Waals surface area contributed by atoms with E-state index >= 15 is 0 Å². The fourth-order valence-electron chi connectivity index (χ4n) is 2.16. The van der Waals surface area contributed by atoms with Crippen LogP contribution in [0.3, 0.4) is 0 Å². The van der Waals surface area contributed by atoms with Gasteiger partial charge >= 0.3 is 0 Å². The summed E-state index contributed by atoms with van der Waals surface area (Å²) in [6, 6.07) is -0.138. The van der Waals surface area contributed by atoms with Crippen LogP contribution in [0.25, 0.3) is 0 Å². The first kappa shape index (κ1) is 9.29. The predicted molar refractivity (Wildman–Crippen MR) is 47.7 cm³/mol. The van der Waals surface area contributed by atoms with Gasteiger partial charge in [-0.15, -0.1) is 0 Å². The standard InChI is InChI=1S/C9H12N2O4/c12-9(13)3-6(11-2-1-10-5-11)7-4-14-8(9)15-7/h1-2,5-8,12-13H,3-4H2/t6-,7?,8-/m1/s1. The Morgan fingerprint density at radius 2 is 2.33 bits per heavy atom. The van der Waals surface area contributed by atoms with E-state index in [0.29, 0.717) is 6.61 Å². The fourth-order valence-corrected chi connectivity index (χ4v) is 2.16. The quantitative estimate of drug-likeness (QED) is 0.599. The molecule has 1 aromatic heterocycles. The number of hydrogen-bond donors (Lipinski definition) is 2. The van der Waals surface area contributed by atoms with Crippen LogP contribution in [0.4, 0.5) is 0 Å². The van der Waals surface area contributed by atoms with E-state index in [1.807, 2.05) is 4.57 Å². The van der Waals surface area contributed by atoms with Crippen LogP contribution >= 0.6 is 0 Å². The van der Waals surface area contributed by atoms with Gasteiger partial charge in [0.1, 0.15) is 6.10 Å². The number of hydrogen-bond acceptors (Lipinski definition) is 5. The summed E-state index contributed by atoms with van der Waals surface area (Å²) in [6.07, 6.45) is 4.22. The summed E-state index contributed by atoms with van der Waals surface area (Å²) in [4.78, 5) is 3.93. The molecule has 82 valence electrons. The first-order valence-corrected chi connectivity index (χ1v) is 4.86. The van der Waals surface area contributed by atoms with E-state index in [4.69, 9.17) is 9.47 Å². The van der Waals surface area contributed by atoms with E-state index in [9.17, 15) is 10.2 Å². The van der Waals surface area contributed by atoms with Gasteiger partial charge in [-0.2, -0.15) is 0 Å². The lowest BCUT2D eigenvalue weighted by Crippen LogP contribution is -2.50. The number of fused-ring (bicyclic) bond motifs is 2. The Morgan fingerprint density at radius 3 is 3.07 bits per heavy atom. The van der Waals surface area contributed by atoms with Gasteiger partial charge < -0.3 is 24.3 Å². The van der Waals surface area contributed by atoms with E-state index in [0.717, 1.165) is 0 Å². The first-order chi connectivity index (χ1) is 7.17. The van der Waals surface area contributed by atoms with Crippen molar-refractivity contribution in [3.63, 3.8) is 0 Å². The molecule has 3 rings (SSSR count). The molecule has 6 heteroatoms. The molecular formula is C9H12N2O4. The van der Waals surface area contributed by atoms with Gasteiger partial charge in [-0.05, 0) is 0 Å². The Kier molecular flexibility index (Phi) is 1.87. The second-order valence-electron chi connectivity index (χ2n) is 4.00. The minimum Gasteiger partial charge on any atom is -0.362 e. The third-order valence-corrected chi connectivity index (χ3v) is 2.93. The maximum absolute atomic E-state index is 9.70. The molecule has 2 saturated heterocycles. The molecule has 6 nitrogen and oxygen atoms in total. The van der Waals surface area contributed by atoms with E-state index in [1.165, 1.54) is 0 Å². The number of ether oxygens (including phenoxy) is 2. The minimum absolute atomic E-state index is 0.128. The normalized spacial score (nSPS) is 38.1. The molecule has 0 amide bonds. The maximum Gasteiger partial charge on any atom is 0.217 e. The average Bonchev–Trinajstić information content (AvgIpc) is 2.84. The van der Waals surface area contributed by atoms with Crippen molar-refractivity contribution >= 4 is 0 Å². The van der Waals surface area contributed by atoms with Crippen LogP contribution in [-0.2, 0) is 9.47 Å². The third kappa shape index (κ3) is 1.37. The van der Waals surface area contributed by atoms with Gasteiger partial charge in [-0.3, -0.25) is 0 Å². The highest BCUT2D eigenvalue weighted by Gasteiger charge is 2.52. The number of aromatic nitrogens is 2. The molecule has 0 saturated carbocycles. The highest BCUT2D eigenvalue weighted by Crippen LogP contribution is 2.39. The van der Waals surface area contributed by atoms with Crippen LogP contribution in [0.2, 0.25) is 0 Å². The molecule has 2 N–H and O–H groups in total. The van der Waals surface area contributed by atoms with Crippen LogP contribution in [-0.4, -0.2) is 44.6 Å². The number of aliphatic hydroxyl groups is 2. The highest BCUT2D eigenvalue weighted by molar-refractivity contribution is 4.95. The lowest BCUT2D eigenvalue weighted by Gasteiger charge is -2.36. The minimum atomic E-state index is -1.91. The van der Waals surface area contributed by atoms with Crippen LogP contribution in [0, 0.1) is 0 Å². The lowest BCUT2D eigenvalue weighted by atomic mass is 9.99. The smallest absolute Gasteiger partial charge is 0.217 e. The second-order valence-corrected chi connectivity index (χ2v) is 4.00. The van der Waals surface area contributed by atoms with E-state index in [-0.39, 0.29) is 18.6 Å². The Morgan fingerprint density at radius 1 is 1.47 bits per heavy atom. The zero-order valence-electron chi connectivity index (χ0n) is 7.98. The van der Waals surface area contributed by atoms with Crippen LogP contribution in [0.5, 0.6) is 0 Å². The third-order valence-electron chi connectivity index (χ3n) is 2.93. The second kappa shape index (κ2) is 3.02. The Labute approximate surface area is 86.1 Å². The SMILES string of the molecule is OC1(O)C[C@@H](n2ccnc2)C2CO[C@@H]1O2. The molecule has 0 radical (unpaired) electrons. The van der Waals surface area contributed by atoms with E-state index in [2.05, 4.69) is 4.98 Å². The summed E-state index contributed by atoms with van der Waals surface area (Å²) in [6.45, 7) is 0.385. The van der Waals surface area contributed by atoms with Crippen molar-refractivity contribution in [1.82, 2.24) is 9.55 Å². The molecule has 2 aliphatic rings. The van der Waals surface area contributed by atoms with Gasteiger partial charge in [-0.1, -0.05) is 0 Å². The molecular weight excluding hydrogens is 200 g/mol. The van der Waals surface area contributed by atoms with Crippen LogP contribution in [0.1, 0.15) is 12.5 Å². The predicted octanol–water partition coefficient (Wildman–Crippen LogP) is -0.750. The van der Waals surface area contributed by atoms with Crippen molar-refractivity contribution in [3.8, 4) is 0 Å². The van der Waals surface area contributed by atoms with Crippen molar-refractivity contribution in [2.24, 2.45) is 0 Å². The molecule has 0 aromatic carbocycles.